The summed E-state index contributed by atoms with van der Waals surface area (Å²) in [5.74, 6) is 1.50. The molecule has 0 aromatic heterocycles. The molecule has 0 radical (unpaired) electrons. The van der Waals surface area contributed by atoms with E-state index in [0.29, 0.717) is 0 Å². The molecular formula is C12H18ClNO3. The van der Waals surface area contributed by atoms with Gasteiger partial charge in [0.25, 0.3) is 0 Å². The summed E-state index contributed by atoms with van der Waals surface area (Å²) in [6.07, 6.45) is 0.826. The van der Waals surface area contributed by atoms with Gasteiger partial charge < -0.3 is 19.9 Å². The van der Waals surface area contributed by atoms with E-state index in [9.17, 15) is 0 Å². The minimum atomic E-state index is 0. The Balaban J connectivity index is 0.00000144. The Morgan fingerprint density at radius 3 is 2.35 bits per heavy atom. The van der Waals surface area contributed by atoms with Crippen molar-refractivity contribution < 1.29 is 14.6 Å². The van der Waals surface area contributed by atoms with Crippen LogP contribution in [0.25, 0.3) is 0 Å². The summed E-state index contributed by atoms with van der Waals surface area (Å²) >= 11 is 0. The topological polar surface area (TPSA) is 50.7 Å². The van der Waals surface area contributed by atoms with Crippen molar-refractivity contribution in [3.8, 4) is 11.5 Å². The summed E-state index contributed by atoms with van der Waals surface area (Å²) in [7, 11) is 3.27. The van der Waals surface area contributed by atoms with Gasteiger partial charge >= 0.3 is 0 Å². The molecule has 1 atom stereocenters. The minimum absolute atomic E-state index is 0. The van der Waals surface area contributed by atoms with Crippen molar-refractivity contribution >= 4 is 12.4 Å². The van der Waals surface area contributed by atoms with Crippen LogP contribution in [0.3, 0.4) is 0 Å². The van der Waals surface area contributed by atoms with Crippen LogP contribution < -0.4 is 14.8 Å². The molecule has 96 valence electrons. The molecule has 0 saturated carbocycles. The molecule has 0 spiro atoms. The van der Waals surface area contributed by atoms with Gasteiger partial charge in [-0.25, -0.2) is 0 Å². The molecule has 5 heteroatoms. The number of ether oxygens (including phenoxy) is 2. The molecule has 0 bridgehead atoms. The fraction of sp³-hybridized carbons (Fsp3) is 0.500. The van der Waals surface area contributed by atoms with Crippen LogP contribution in [0.2, 0.25) is 0 Å². The molecule has 0 amide bonds. The average molecular weight is 260 g/mol. The third-order valence-electron chi connectivity index (χ3n) is 2.97. The van der Waals surface area contributed by atoms with E-state index >= 15 is 0 Å². The van der Waals surface area contributed by atoms with Crippen molar-refractivity contribution in [3.63, 3.8) is 0 Å². The van der Waals surface area contributed by atoms with Gasteiger partial charge in [-0.05, 0) is 29.7 Å². The van der Waals surface area contributed by atoms with E-state index < -0.39 is 0 Å². The van der Waals surface area contributed by atoms with Gasteiger partial charge in [0.1, 0.15) is 0 Å². The van der Waals surface area contributed by atoms with Gasteiger partial charge in [-0.15, -0.1) is 12.4 Å². The molecule has 1 heterocycles. The Bertz CT molecular complexity index is 384. The number of benzene rings is 1. The Morgan fingerprint density at radius 1 is 1.24 bits per heavy atom. The Hall–Kier alpha value is -0.970. The fourth-order valence-corrected chi connectivity index (χ4v) is 2.04. The van der Waals surface area contributed by atoms with Crippen LogP contribution in [-0.4, -0.2) is 32.0 Å². The monoisotopic (exact) mass is 259 g/mol. The van der Waals surface area contributed by atoms with Crippen LogP contribution in [0, 0.1) is 0 Å². The van der Waals surface area contributed by atoms with E-state index in [1.54, 1.807) is 14.2 Å². The number of aliphatic hydroxyl groups is 1. The number of hydrogen-bond acceptors (Lipinski definition) is 4. The normalized spacial score (nSPS) is 17.9. The molecule has 17 heavy (non-hydrogen) atoms. The number of hydrogen-bond donors (Lipinski definition) is 2. The third kappa shape index (κ3) is 2.83. The standard InChI is InChI=1S/C12H17NO3.ClH/c1-15-11-4-8-3-10(7-14)13-6-9(8)5-12(11)16-2;/h4-5,10,13-14H,3,6-7H2,1-2H3;1H. The van der Waals surface area contributed by atoms with Gasteiger partial charge in [0, 0.05) is 12.6 Å². The molecule has 0 saturated heterocycles. The highest BCUT2D eigenvalue weighted by Gasteiger charge is 2.19. The van der Waals surface area contributed by atoms with E-state index in [1.165, 1.54) is 11.1 Å². The van der Waals surface area contributed by atoms with Crippen LogP contribution in [0.5, 0.6) is 11.5 Å². The van der Waals surface area contributed by atoms with E-state index in [0.717, 1.165) is 24.5 Å². The first-order valence-corrected chi connectivity index (χ1v) is 5.36. The van der Waals surface area contributed by atoms with Crippen molar-refractivity contribution in [2.75, 3.05) is 20.8 Å². The number of fused-ring (bicyclic) bond motifs is 1. The largest absolute Gasteiger partial charge is 0.493 e. The van der Waals surface area contributed by atoms with Crippen molar-refractivity contribution in [1.82, 2.24) is 5.32 Å². The molecule has 0 aliphatic carbocycles. The summed E-state index contributed by atoms with van der Waals surface area (Å²) < 4.78 is 10.5. The van der Waals surface area contributed by atoms with Gasteiger partial charge in [-0.1, -0.05) is 0 Å². The lowest BCUT2D eigenvalue weighted by atomic mass is 9.95. The summed E-state index contributed by atoms with van der Waals surface area (Å²) in [6.45, 7) is 0.925. The highest BCUT2D eigenvalue weighted by atomic mass is 35.5. The van der Waals surface area contributed by atoms with E-state index in [-0.39, 0.29) is 25.1 Å². The highest BCUT2D eigenvalue weighted by molar-refractivity contribution is 5.85. The van der Waals surface area contributed by atoms with E-state index in [4.69, 9.17) is 14.6 Å². The second-order valence-corrected chi connectivity index (χ2v) is 3.94. The van der Waals surface area contributed by atoms with Crippen molar-refractivity contribution in [2.45, 2.75) is 19.0 Å². The van der Waals surface area contributed by atoms with Gasteiger partial charge in [0.05, 0.1) is 20.8 Å². The Morgan fingerprint density at radius 2 is 1.82 bits per heavy atom. The fourth-order valence-electron chi connectivity index (χ4n) is 2.04. The molecule has 2 N–H and O–H groups in total. The first kappa shape index (κ1) is 14.1. The molecule has 4 nitrogen and oxygen atoms in total. The SMILES string of the molecule is COc1cc2c(cc1OC)CC(CO)NC2.Cl. The number of nitrogens with one attached hydrogen (secondary N) is 1. The zero-order valence-electron chi connectivity index (χ0n) is 10.0. The summed E-state index contributed by atoms with van der Waals surface area (Å²) in [4.78, 5) is 0. The summed E-state index contributed by atoms with van der Waals surface area (Å²) in [5, 5.41) is 12.4. The third-order valence-corrected chi connectivity index (χ3v) is 2.97. The van der Waals surface area contributed by atoms with Crippen LogP contribution in [0.1, 0.15) is 11.1 Å². The number of methoxy groups -OCH3 is 2. The summed E-state index contributed by atoms with van der Waals surface area (Å²) in [5.41, 5.74) is 2.43. The van der Waals surface area contributed by atoms with Crippen molar-refractivity contribution in [2.24, 2.45) is 0 Å². The van der Waals surface area contributed by atoms with Crippen LogP contribution in [-0.2, 0) is 13.0 Å². The molecular weight excluding hydrogens is 242 g/mol. The smallest absolute Gasteiger partial charge is 0.161 e. The molecule has 1 aromatic carbocycles. The van der Waals surface area contributed by atoms with E-state index in [1.807, 2.05) is 12.1 Å². The molecule has 1 unspecified atom stereocenters. The molecule has 0 fully saturated rings. The number of halogens is 1. The van der Waals surface area contributed by atoms with Gasteiger partial charge in [0.2, 0.25) is 0 Å². The van der Waals surface area contributed by atoms with Crippen molar-refractivity contribution in [3.05, 3.63) is 23.3 Å². The van der Waals surface area contributed by atoms with Gasteiger partial charge in [-0.2, -0.15) is 0 Å². The maximum absolute atomic E-state index is 9.13. The van der Waals surface area contributed by atoms with E-state index in [2.05, 4.69) is 5.32 Å². The lowest BCUT2D eigenvalue weighted by Crippen LogP contribution is -2.38. The average Bonchev–Trinajstić information content (AvgIpc) is 2.36. The summed E-state index contributed by atoms with van der Waals surface area (Å²) in [6, 6.07) is 4.14. The predicted octanol–water partition coefficient (Wildman–Crippen LogP) is 1.13. The highest BCUT2D eigenvalue weighted by Crippen LogP contribution is 2.32. The number of rotatable bonds is 3. The van der Waals surface area contributed by atoms with Crippen LogP contribution >= 0.6 is 12.4 Å². The Kier molecular flexibility index (Phi) is 5.05. The zero-order chi connectivity index (χ0) is 11.5. The molecule has 2 rings (SSSR count). The first-order valence-electron chi connectivity index (χ1n) is 5.36. The maximum atomic E-state index is 9.13. The first-order chi connectivity index (χ1) is 7.78. The molecule has 1 aromatic rings. The predicted molar refractivity (Wildman–Crippen MR) is 68.2 cm³/mol. The lowest BCUT2D eigenvalue weighted by Gasteiger charge is -2.25. The molecule has 1 aliphatic heterocycles. The zero-order valence-corrected chi connectivity index (χ0v) is 10.8. The van der Waals surface area contributed by atoms with Crippen molar-refractivity contribution in [1.29, 1.82) is 0 Å². The number of aliphatic hydroxyl groups excluding tert-OH is 1. The maximum Gasteiger partial charge on any atom is 0.161 e. The molecule has 1 aliphatic rings. The van der Waals surface area contributed by atoms with Crippen LogP contribution in [0.15, 0.2) is 12.1 Å². The second-order valence-electron chi connectivity index (χ2n) is 3.94. The quantitative estimate of drug-likeness (QED) is 0.855. The lowest BCUT2D eigenvalue weighted by molar-refractivity contribution is 0.235. The van der Waals surface area contributed by atoms with Gasteiger partial charge in [0.15, 0.2) is 11.5 Å². The van der Waals surface area contributed by atoms with Gasteiger partial charge in [-0.3, -0.25) is 0 Å². The second kappa shape index (κ2) is 6.10. The Labute approximate surface area is 107 Å². The minimum Gasteiger partial charge on any atom is -0.493 e. The van der Waals surface area contributed by atoms with Crippen LogP contribution in [0.4, 0.5) is 0 Å².